The third kappa shape index (κ3) is 2.99. The molecule has 7 heteroatoms. The molecular weight excluding hydrogens is 318 g/mol. The maximum atomic E-state index is 9.68. The molecule has 25 heavy (non-hydrogen) atoms. The smallest absolute Gasteiger partial charge is 0.167 e. The van der Waals surface area contributed by atoms with Gasteiger partial charge in [-0.3, -0.25) is 4.57 Å². The molecule has 0 radical (unpaired) electrons. The van der Waals surface area contributed by atoms with Gasteiger partial charge in [-0.1, -0.05) is 42.5 Å². The molecule has 7 nitrogen and oxygen atoms in total. The highest BCUT2D eigenvalue weighted by Gasteiger charge is 2.35. The molecule has 0 unspecified atom stereocenters. The fourth-order valence-corrected chi connectivity index (χ4v) is 3.18. The van der Waals surface area contributed by atoms with Crippen molar-refractivity contribution in [3.8, 4) is 0 Å². The van der Waals surface area contributed by atoms with Crippen molar-refractivity contribution in [3.63, 3.8) is 0 Å². The zero-order valence-corrected chi connectivity index (χ0v) is 13.6. The van der Waals surface area contributed by atoms with E-state index in [9.17, 15) is 5.11 Å². The van der Waals surface area contributed by atoms with E-state index >= 15 is 0 Å². The molecule has 0 bridgehead atoms. The number of nitrogens with zero attached hydrogens (tertiary/aromatic N) is 4. The lowest BCUT2D eigenvalue weighted by Crippen LogP contribution is -2.19. The summed E-state index contributed by atoms with van der Waals surface area (Å²) in [4.78, 5) is 12.5. The Kier molecular flexibility index (Phi) is 4.17. The molecule has 1 aromatic carbocycles. The quantitative estimate of drug-likeness (QED) is 0.755. The summed E-state index contributed by atoms with van der Waals surface area (Å²) in [5.41, 5.74) is 8.17. The van der Waals surface area contributed by atoms with Gasteiger partial charge < -0.3 is 15.6 Å². The molecule has 3 aromatic rings. The van der Waals surface area contributed by atoms with Crippen molar-refractivity contribution in [2.75, 3.05) is 12.3 Å². The first kappa shape index (κ1) is 15.7. The van der Waals surface area contributed by atoms with Crippen molar-refractivity contribution in [1.29, 1.82) is 0 Å². The second-order valence-corrected chi connectivity index (χ2v) is 6.06. The lowest BCUT2D eigenvalue weighted by molar-refractivity contribution is -0.0257. The van der Waals surface area contributed by atoms with Crippen LogP contribution in [-0.4, -0.2) is 37.3 Å². The number of aliphatic hydroxyl groups excluding tert-OH is 1. The highest BCUT2D eigenvalue weighted by molar-refractivity contribution is 5.81. The van der Waals surface area contributed by atoms with Gasteiger partial charge in [0.05, 0.1) is 19.0 Å². The fraction of sp³-hybridized carbons (Fsp3) is 0.278. The first-order valence-corrected chi connectivity index (χ1v) is 8.19. The number of benzene rings is 1. The number of ether oxygens (including phenoxy) is 1. The molecule has 3 N–H and O–H groups in total. The summed E-state index contributed by atoms with van der Waals surface area (Å²) >= 11 is 0. The Morgan fingerprint density at radius 3 is 2.88 bits per heavy atom. The van der Waals surface area contributed by atoms with E-state index in [1.807, 2.05) is 34.9 Å². The number of fused-ring (bicyclic) bond motifs is 1. The lowest BCUT2D eigenvalue weighted by Gasteiger charge is -2.14. The van der Waals surface area contributed by atoms with Gasteiger partial charge in [0.1, 0.15) is 18.1 Å². The number of hydrogen-bond acceptors (Lipinski definition) is 6. The van der Waals surface area contributed by atoms with Crippen LogP contribution in [-0.2, 0) is 4.74 Å². The number of hydrogen-bond donors (Lipinski definition) is 2. The van der Waals surface area contributed by atoms with Gasteiger partial charge in [-0.15, -0.1) is 0 Å². The van der Waals surface area contributed by atoms with E-state index in [2.05, 4.69) is 27.1 Å². The van der Waals surface area contributed by atoms with Crippen LogP contribution < -0.4 is 5.73 Å². The lowest BCUT2D eigenvalue weighted by atomic mass is 9.99. The van der Waals surface area contributed by atoms with E-state index in [0.29, 0.717) is 17.0 Å². The maximum absolute atomic E-state index is 9.68. The summed E-state index contributed by atoms with van der Waals surface area (Å²) in [7, 11) is 0. The van der Waals surface area contributed by atoms with Crippen molar-refractivity contribution in [3.05, 3.63) is 54.6 Å². The number of nitrogen functional groups attached to an aromatic ring is 1. The highest BCUT2D eigenvalue weighted by atomic mass is 16.5. The van der Waals surface area contributed by atoms with Crippen molar-refractivity contribution < 1.29 is 9.84 Å². The summed E-state index contributed by atoms with van der Waals surface area (Å²) in [6.07, 6.45) is 7.45. The predicted molar refractivity (Wildman–Crippen MR) is 94.3 cm³/mol. The number of rotatable bonds is 4. The second-order valence-electron chi connectivity index (χ2n) is 6.06. The molecule has 0 spiro atoms. The number of aliphatic hydroxyl groups is 1. The molecule has 2 aromatic heterocycles. The van der Waals surface area contributed by atoms with Gasteiger partial charge in [0.25, 0.3) is 0 Å². The predicted octanol–water partition coefficient (Wildman–Crippen LogP) is 2.02. The molecule has 4 rings (SSSR count). The van der Waals surface area contributed by atoms with Crippen LogP contribution in [0.5, 0.6) is 0 Å². The van der Waals surface area contributed by atoms with Crippen LogP contribution in [0.25, 0.3) is 17.2 Å². The van der Waals surface area contributed by atoms with Crippen LogP contribution in [0, 0.1) is 5.92 Å². The Hall–Kier alpha value is -2.77. The van der Waals surface area contributed by atoms with Gasteiger partial charge in [0.2, 0.25) is 0 Å². The first-order valence-electron chi connectivity index (χ1n) is 8.19. The van der Waals surface area contributed by atoms with Crippen LogP contribution in [0.15, 0.2) is 49.1 Å². The molecule has 1 aliphatic rings. The molecule has 128 valence electrons. The molecule has 1 aliphatic heterocycles. The van der Waals surface area contributed by atoms with Crippen molar-refractivity contribution in [1.82, 2.24) is 19.5 Å². The van der Waals surface area contributed by atoms with Gasteiger partial charge in [-0.25, -0.2) is 15.0 Å². The van der Waals surface area contributed by atoms with Crippen molar-refractivity contribution >= 4 is 23.1 Å². The van der Waals surface area contributed by atoms with E-state index in [4.69, 9.17) is 10.5 Å². The van der Waals surface area contributed by atoms with Gasteiger partial charge in [0, 0.05) is 12.3 Å². The van der Waals surface area contributed by atoms with Gasteiger partial charge >= 0.3 is 0 Å². The monoisotopic (exact) mass is 337 g/mol. The summed E-state index contributed by atoms with van der Waals surface area (Å²) in [5.74, 6) is 0.452. The summed E-state index contributed by atoms with van der Waals surface area (Å²) in [5, 5.41) is 9.68. The average Bonchev–Trinajstić information content (AvgIpc) is 3.25. The normalized spacial score (nSPS) is 23.6. The standard InChI is InChI=1S/C18H19N5O2/c19-17-16-18(21-10-20-17)23(11-22-16)15-8-13(14(9-24)25-15)7-6-12-4-2-1-3-5-12/h1-7,10-11,13-15,24H,8-9H2,(H2,19,20,21)/t13-,14+,15+/m0/s1. The molecule has 0 saturated carbocycles. The SMILES string of the molecule is Nc1ncnc2c1ncn2[C@H]1C[C@H](C=Cc2ccccc2)[C@@H](CO)O1. The topological polar surface area (TPSA) is 99.1 Å². The van der Waals surface area contributed by atoms with E-state index < -0.39 is 0 Å². The zero-order valence-electron chi connectivity index (χ0n) is 13.6. The number of nitrogens with two attached hydrogens (primary N) is 1. The van der Waals surface area contributed by atoms with E-state index in [0.717, 1.165) is 12.0 Å². The minimum absolute atomic E-state index is 0.0376. The summed E-state index contributed by atoms with van der Waals surface area (Å²) < 4.78 is 7.88. The molecule has 0 aliphatic carbocycles. The second kappa shape index (κ2) is 6.62. The first-order chi connectivity index (χ1) is 12.3. The van der Waals surface area contributed by atoms with Gasteiger partial charge in [-0.2, -0.15) is 0 Å². The molecule has 1 fully saturated rings. The summed E-state index contributed by atoms with van der Waals surface area (Å²) in [6, 6.07) is 10.1. The van der Waals surface area contributed by atoms with Crippen molar-refractivity contribution in [2.24, 2.45) is 5.92 Å². The van der Waals surface area contributed by atoms with E-state index in [1.54, 1.807) is 6.33 Å². The number of imidazole rings is 1. The maximum Gasteiger partial charge on any atom is 0.167 e. The number of anilines is 1. The van der Waals surface area contributed by atoms with Crippen LogP contribution in [0.1, 0.15) is 18.2 Å². The fourth-order valence-electron chi connectivity index (χ4n) is 3.18. The molecule has 3 atom stereocenters. The number of aromatic nitrogens is 4. The van der Waals surface area contributed by atoms with E-state index in [-0.39, 0.29) is 24.9 Å². The third-order valence-corrected chi connectivity index (χ3v) is 4.50. The average molecular weight is 337 g/mol. The molecule has 0 amide bonds. The van der Waals surface area contributed by atoms with Crippen LogP contribution >= 0.6 is 0 Å². The molecule has 1 saturated heterocycles. The van der Waals surface area contributed by atoms with Crippen LogP contribution in [0.2, 0.25) is 0 Å². The van der Waals surface area contributed by atoms with Gasteiger partial charge in [0.15, 0.2) is 11.5 Å². The molecular formula is C18H19N5O2. The highest BCUT2D eigenvalue weighted by Crippen LogP contribution is 2.36. The Balaban J connectivity index is 1.58. The Morgan fingerprint density at radius 2 is 2.08 bits per heavy atom. The van der Waals surface area contributed by atoms with Gasteiger partial charge in [-0.05, 0) is 5.56 Å². The van der Waals surface area contributed by atoms with Crippen molar-refractivity contribution in [2.45, 2.75) is 18.8 Å². The van der Waals surface area contributed by atoms with Crippen LogP contribution in [0.4, 0.5) is 5.82 Å². The third-order valence-electron chi connectivity index (χ3n) is 4.50. The van der Waals surface area contributed by atoms with Crippen LogP contribution in [0.3, 0.4) is 0 Å². The largest absolute Gasteiger partial charge is 0.394 e. The Bertz CT molecular complexity index is 893. The van der Waals surface area contributed by atoms with E-state index in [1.165, 1.54) is 6.33 Å². The molecule has 3 heterocycles. The Morgan fingerprint density at radius 1 is 1.24 bits per heavy atom. The zero-order chi connectivity index (χ0) is 17.2. The Labute approximate surface area is 144 Å². The minimum Gasteiger partial charge on any atom is -0.394 e. The minimum atomic E-state index is -0.262. The summed E-state index contributed by atoms with van der Waals surface area (Å²) in [6.45, 7) is -0.0376.